The molecule has 3 N–H and O–H groups in total. The lowest BCUT2D eigenvalue weighted by Crippen LogP contribution is -2.44. The van der Waals surface area contributed by atoms with Gasteiger partial charge in [-0.05, 0) is 37.5 Å². The van der Waals surface area contributed by atoms with Crippen LogP contribution in [0.3, 0.4) is 0 Å². The molecule has 1 aromatic carbocycles. The molecule has 0 spiro atoms. The third-order valence-electron chi connectivity index (χ3n) is 3.26. The van der Waals surface area contributed by atoms with Gasteiger partial charge in [0.25, 0.3) is 0 Å². The Morgan fingerprint density at radius 2 is 1.81 bits per heavy atom. The van der Waals surface area contributed by atoms with E-state index in [0.29, 0.717) is 0 Å². The third kappa shape index (κ3) is 6.29. The second-order valence-corrected chi connectivity index (χ2v) is 5.09. The smallest absolute Gasteiger partial charge is 0.321 e. The number of imide groups is 1. The molecule has 21 heavy (non-hydrogen) atoms. The van der Waals surface area contributed by atoms with Gasteiger partial charge in [-0.1, -0.05) is 31.9 Å². The molecule has 0 fully saturated rings. The minimum Gasteiger partial charge on any atom is -0.374 e. The summed E-state index contributed by atoms with van der Waals surface area (Å²) < 4.78 is 0. The van der Waals surface area contributed by atoms with Crippen molar-refractivity contribution in [2.45, 2.75) is 45.6 Å². The van der Waals surface area contributed by atoms with Crippen LogP contribution < -0.4 is 16.0 Å². The maximum Gasteiger partial charge on any atom is 0.321 e. The molecule has 5 nitrogen and oxygen atoms in total. The molecule has 0 saturated heterocycles. The zero-order valence-electron chi connectivity index (χ0n) is 13.0. The highest BCUT2D eigenvalue weighted by Crippen LogP contribution is 2.13. The van der Waals surface area contributed by atoms with Crippen LogP contribution in [0.5, 0.6) is 0 Å². The second-order valence-electron chi connectivity index (χ2n) is 5.09. The van der Waals surface area contributed by atoms with E-state index in [1.54, 1.807) is 6.92 Å². The minimum atomic E-state index is -0.500. The number of carbonyl (C=O) groups is 2. The van der Waals surface area contributed by atoms with Gasteiger partial charge in [0.1, 0.15) is 6.04 Å². The number of aryl methyl sites for hydroxylation is 1. The molecular weight excluding hydrogens is 266 g/mol. The van der Waals surface area contributed by atoms with Crippen LogP contribution in [0, 0.1) is 0 Å². The van der Waals surface area contributed by atoms with E-state index in [2.05, 4.69) is 35.0 Å². The van der Waals surface area contributed by atoms with E-state index in [1.165, 1.54) is 31.9 Å². The summed E-state index contributed by atoms with van der Waals surface area (Å²) in [4.78, 5) is 22.8. The van der Waals surface area contributed by atoms with Crippen molar-refractivity contribution in [1.29, 1.82) is 0 Å². The lowest BCUT2D eigenvalue weighted by atomic mass is 10.1. The number of benzene rings is 1. The summed E-state index contributed by atoms with van der Waals surface area (Å²) >= 11 is 0. The highest BCUT2D eigenvalue weighted by atomic mass is 16.2. The molecule has 1 rings (SSSR count). The van der Waals surface area contributed by atoms with E-state index in [1.807, 2.05) is 12.1 Å². The third-order valence-corrected chi connectivity index (χ3v) is 3.26. The Kier molecular flexibility index (Phi) is 7.29. The summed E-state index contributed by atoms with van der Waals surface area (Å²) in [6.45, 7) is 3.91. The molecule has 5 heteroatoms. The Morgan fingerprint density at radius 3 is 2.38 bits per heavy atom. The number of anilines is 1. The number of hydrogen-bond acceptors (Lipinski definition) is 3. The van der Waals surface area contributed by atoms with Crippen molar-refractivity contribution in [2.24, 2.45) is 0 Å². The van der Waals surface area contributed by atoms with Crippen molar-refractivity contribution in [2.75, 3.05) is 12.4 Å². The van der Waals surface area contributed by atoms with Crippen molar-refractivity contribution < 1.29 is 9.59 Å². The summed E-state index contributed by atoms with van der Waals surface area (Å²) in [6, 6.07) is 7.09. The van der Waals surface area contributed by atoms with Crippen molar-refractivity contribution in [3.63, 3.8) is 0 Å². The maximum atomic E-state index is 11.7. The molecule has 1 unspecified atom stereocenters. The van der Waals surface area contributed by atoms with E-state index in [-0.39, 0.29) is 5.91 Å². The molecule has 116 valence electrons. The van der Waals surface area contributed by atoms with Gasteiger partial charge in [-0.15, -0.1) is 0 Å². The summed E-state index contributed by atoms with van der Waals surface area (Å²) in [5, 5.41) is 7.67. The number of amides is 3. The maximum absolute atomic E-state index is 11.7. The van der Waals surface area contributed by atoms with Crippen LogP contribution in [0.1, 0.15) is 38.7 Å². The number of rotatable bonds is 7. The number of nitrogens with one attached hydrogen (secondary N) is 3. The number of hydrogen-bond donors (Lipinski definition) is 3. The van der Waals surface area contributed by atoms with Gasteiger partial charge < -0.3 is 10.6 Å². The predicted octanol–water partition coefficient (Wildman–Crippen LogP) is 2.68. The van der Waals surface area contributed by atoms with E-state index in [0.717, 1.165) is 12.1 Å². The number of urea groups is 1. The second kappa shape index (κ2) is 9.00. The topological polar surface area (TPSA) is 70.2 Å². The quantitative estimate of drug-likeness (QED) is 0.676. The average molecular weight is 291 g/mol. The number of unbranched alkanes of at least 4 members (excludes halogenated alkanes) is 2. The van der Waals surface area contributed by atoms with Crippen molar-refractivity contribution in [3.05, 3.63) is 29.8 Å². The van der Waals surface area contributed by atoms with E-state index in [9.17, 15) is 9.59 Å². The van der Waals surface area contributed by atoms with Gasteiger partial charge in [0.2, 0.25) is 5.91 Å². The van der Waals surface area contributed by atoms with Crippen LogP contribution >= 0.6 is 0 Å². The molecule has 0 bridgehead atoms. The lowest BCUT2D eigenvalue weighted by molar-refractivity contribution is -0.120. The molecule has 3 amide bonds. The molecule has 0 heterocycles. The van der Waals surface area contributed by atoms with Crippen LogP contribution in [-0.2, 0) is 11.2 Å². The predicted molar refractivity (Wildman–Crippen MR) is 85.4 cm³/mol. The molecule has 0 aliphatic heterocycles. The van der Waals surface area contributed by atoms with Gasteiger partial charge in [0.05, 0.1) is 0 Å². The fraction of sp³-hybridized carbons (Fsp3) is 0.500. The van der Waals surface area contributed by atoms with E-state index in [4.69, 9.17) is 0 Å². The number of carbonyl (C=O) groups excluding carboxylic acids is 2. The van der Waals surface area contributed by atoms with Crippen molar-refractivity contribution >= 4 is 17.6 Å². The Balaban J connectivity index is 2.47. The first-order chi connectivity index (χ1) is 10.1. The molecule has 0 aromatic heterocycles. The highest BCUT2D eigenvalue weighted by molar-refractivity contribution is 5.97. The fourth-order valence-electron chi connectivity index (χ4n) is 1.94. The Bertz CT molecular complexity index is 457. The lowest BCUT2D eigenvalue weighted by Gasteiger charge is -2.14. The normalized spacial score (nSPS) is 11.6. The van der Waals surface area contributed by atoms with Crippen LogP contribution in [0.2, 0.25) is 0 Å². The summed E-state index contributed by atoms with van der Waals surface area (Å²) in [5.74, 6) is -0.360. The van der Waals surface area contributed by atoms with Gasteiger partial charge in [-0.3, -0.25) is 10.1 Å². The van der Waals surface area contributed by atoms with Crippen molar-refractivity contribution in [3.8, 4) is 0 Å². The first-order valence-corrected chi connectivity index (χ1v) is 7.44. The van der Waals surface area contributed by atoms with E-state index >= 15 is 0 Å². The van der Waals surface area contributed by atoms with E-state index < -0.39 is 12.1 Å². The molecular formula is C16H25N3O2. The molecule has 1 aromatic rings. The average Bonchev–Trinajstić information content (AvgIpc) is 2.49. The summed E-state index contributed by atoms with van der Waals surface area (Å²) in [5.41, 5.74) is 2.17. The van der Waals surface area contributed by atoms with Gasteiger partial charge in [-0.25, -0.2) is 4.79 Å². The van der Waals surface area contributed by atoms with Gasteiger partial charge in [-0.2, -0.15) is 0 Å². The molecule has 0 saturated carbocycles. The molecule has 1 atom stereocenters. The van der Waals surface area contributed by atoms with Gasteiger partial charge in [0.15, 0.2) is 0 Å². The van der Waals surface area contributed by atoms with Crippen LogP contribution in [0.25, 0.3) is 0 Å². The van der Waals surface area contributed by atoms with Gasteiger partial charge in [0, 0.05) is 12.7 Å². The first kappa shape index (κ1) is 17.0. The zero-order valence-corrected chi connectivity index (χ0v) is 13.0. The molecule has 0 aliphatic carbocycles. The van der Waals surface area contributed by atoms with Crippen LogP contribution in [-0.4, -0.2) is 25.0 Å². The Morgan fingerprint density at radius 1 is 1.14 bits per heavy atom. The SMILES string of the molecule is CCCCCc1ccc(NC(C)C(=O)NC(=O)NC)cc1. The highest BCUT2D eigenvalue weighted by Gasteiger charge is 2.14. The largest absolute Gasteiger partial charge is 0.374 e. The molecule has 0 radical (unpaired) electrons. The Labute approximate surface area is 126 Å². The standard InChI is InChI=1S/C16H25N3O2/c1-4-5-6-7-13-8-10-14(11-9-13)18-12(2)15(20)19-16(21)17-3/h8-12,18H,4-7H2,1-3H3,(H2,17,19,20,21). The van der Waals surface area contributed by atoms with Crippen molar-refractivity contribution in [1.82, 2.24) is 10.6 Å². The molecule has 0 aliphatic rings. The Hall–Kier alpha value is -2.04. The van der Waals surface area contributed by atoms with Gasteiger partial charge >= 0.3 is 6.03 Å². The minimum absolute atomic E-state index is 0.360. The van der Waals surface area contributed by atoms with Crippen LogP contribution in [0.15, 0.2) is 24.3 Å². The summed E-state index contributed by atoms with van der Waals surface area (Å²) in [7, 11) is 1.47. The first-order valence-electron chi connectivity index (χ1n) is 7.44. The van der Waals surface area contributed by atoms with Crippen LogP contribution in [0.4, 0.5) is 10.5 Å². The summed E-state index contributed by atoms with van der Waals surface area (Å²) in [6.07, 6.45) is 4.75. The monoisotopic (exact) mass is 291 g/mol. The fourth-order valence-corrected chi connectivity index (χ4v) is 1.94. The zero-order chi connectivity index (χ0) is 15.7.